The lowest BCUT2D eigenvalue weighted by atomic mass is 9.84. The molecule has 1 aromatic rings. The molecule has 1 fully saturated rings. The smallest absolute Gasteiger partial charge is 0.307 e. The van der Waals surface area contributed by atoms with Crippen LogP contribution in [0.3, 0.4) is 0 Å². The van der Waals surface area contributed by atoms with Crippen LogP contribution in [0.5, 0.6) is 0 Å². The zero-order chi connectivity index (χ0) is 22.6. The number of rotatable bonds is 8. The van der Waals surface area contributed by atoms with Crippen LogP contribution >= 0.6 is 0 Å². The van der Waals surface area contributed by atoms with Crippen LogP contribution in [-0.4, -0.2) is 45.2 Å². The van der Waals surface area contributed by atoms with E-state index in [1.54, 1.807) is 0 Å². The summed E-state index contributed by atoms with van der Waals surface area (Å²) >= 11 is 0. The van der Waals surface area contributed by atoms with E-state index in [-0.39, 0.29) is 35.9 Å². The molecule has 168 valence electrons. The van der Waals surface area contributed by atoms with Crippen LogP contribution in [0.4, 0.5) is 0 Å². The lowest BCUT2D eigenvalue weighted by Crippen LogP contribution is -2.53. The summed E-state index contributed by atoms with van der Waals surface area (Å²) in [6, 6.07) is 9.83. The standard InChI is InChI=1S/C22H35NO6Si/c1-21(2,3)30(6,7)29-23-22(16-20(25)27-5,14-13-19(24)26-4)15-18(28-23)17-11-9-8-10-12-17/h8-12,18H,13-16H2,1-7H3/t18-,22-/m0/s1. The van der Waals surface area contributed by atoms with Crippen molar-refractivity contribution in [3.63, 3.8) is 0 Å². The van der Waals surface area contributed by atoms with Gasteiger partial charge in [-0.15, -0.1) is 0 Å². The topological polar surface area (TPSA) is 74.3 Å². The fourth-order valence-corrected chi connectivity index (χ4v) is 4.11. The van der Waals surface area contributed by atoms with Gasteiger partial charge in [0, 0.05) is 12.8 Å². The molecule has 0 saturated carbocycles. The summed E-state index contributed by atoms with van der Waals surface area (Å²) in [7, 11) is 0.437. The molecular formula is C22H35NO6Si. The lowest BCUT2D eigenvalue weighted by Gasteiger charge is -2.43. The molecule has 2 atom stereocenters. The molecule has 8 heteroatoms. The molecule has 0 radical (unpaired) electrons. The molecular weight excluding hydrogens is 402 g/mol. The van der Waals surface area contributed by atoms with Crippen LogP contribution in [0.1, 0.15) is 58.1 Å². The number of hydrogen-bond donors (Lipinski definition) is 0. The van der Waals surface area contributed by atoms with Gasteiger partial charge in [-0.1, -0.05) is 56.3 Å². The molecule has 0 aliphatic carbocycles. The van der Waals surface area contributed by atoms with Gasteiger partial charge in [0.25, 0.3) is 0 Å². The summed E-state index contributed by atoms with van der Waals surface area (Å²) in [6.45, 7) is 10.7. The van der Waals surface area contributed by atoms with Gasteiger partial charge in [-0.25, -0.2) is 0 Å². The summed E-state index contributed by atoms with van der Waals surface area (Å²) in [4.78, 5) is 30.6. The Labute approximate surface area is 180 Å². The van der Waals surface area contributed by atoms with E-state index in [1.807, 2.05) is 30.3 Å². The third-order valence-corrected chi connectivity index (χ3v) is 10.4. The largest absolute Gasteiger partial charge is 0.469 e. The van der Waals surface area contributed by atoms with Crippen molar-refractivity contribution < 1.29 is 28.4 Å². The van der Waals surface area contributed by atoms with Gasteiger partial charge in [-0.2, -0.15) is 0 Å². The van der Waals surface area contributed by atoms with Crippen LogP contribution in [0.25, 0.3) is 0 Å². The molecule has 1 aromatic carbocycles. The zero-order valence-electron chi connectivity index (χ0n) is 19.2. The van der Waals surface area contributed by atoms with Crippen LogP contribution < -0.4 is 0 Å². The van der Waals surface area contributed by atoms with E-state index in [1.165, 1.54) is 19.4 Å². The van der Waals surface area contributed by atoms with Crippen molar-refractivity contribution in [3.8, 4) is 0 Å². The summed E-state index contributed by atoms with van der Waals surface area (Å²) in [5.74, 6) is -0.712. The fourth-order valence-electron chi connectivity index (χ4n) is 3.19. The summed E-state index contributed by atoms with van der Waals surface area (Å²) < 4.78 is 16.3. The Morgan fingerprint density at radius 1 is 1.13 bits per heavy atom. The Bertz CT molecular complexity index is 733. The Morgan fingerprint density at radius 2 is 1.73 bits per heavy atom. The monoisotopic (exact) mass is 437 g/mol. The number of ether oxygens (including phenoxy) is 2. The van der Waals surface area contributed by atoms with E-state index in [0.717, 1.165) is 5.56 Å². The summed E-state index contributed by atoms with van der Waals surface area (Å²) in [5, 5.41) is 1.45. The minimum absolute atomic E-state index is 0.0540. The highest BCUT2D eigenvalue weighted by molar-refractivity contribution is 6.74. The first-order valence-corrected chi connectivity index (χ1v) is 13.2. The Balaban J connectivity index is 2.43. The first-order chi connectivity index (χ1) is 13.9. The van der Waals surface area contributed by atoms with Crippen molar-refractivity contribution in [1.82, 2.24) is 5.23 Å². The van der Waals surface area contributed by atoms with Gasteiger partial charge >= 0.3 is 11.9 Å². The average Bonchev–Trinajstić information content (AvgIpc) is 3.03. The van der Waals surface area contributed by atoms with Crippen molar-refractivity contribution in [2.75, 3.05) is 14.2 Å². The highest BCUT2D eigenvalue weighted by atomic mass is 28.4. The second-order valence-electron chi connectivity index (χ2n) is 9.37. The van der Waals surface area contributed by atoms with Crippen molar-refractivity contribution in [3.05, 3.63) is 35.9 Å². The molecule has 1 aliphatic heterocycles. The quantitative estimate of drug-likeness (QED) is 0.436. The van der Waals surface area contributed by atoms with E-state index in [9.17, 15) is 9.59 Å². The third-order valence-electron chi connectivity index (χ3n) is 6.19. The minimum Gasteiger partial charge on any atom is -0.469 e. The molecule has 0 amide bonds. The predicted molar refractivity (Wildman–Crippen MR) is 116 cm³/mol. The molecule has 30 heavy (non-hydrogen) atoms. The molecule has 0 N–H and O–H groups in total. The Kier molecular flexibility index (Phi) is 7.84. The molecule has 1 saturated heterocycles. The maximum atomic E-state index is 12.4. The normalized spacial score (nSPS) is 22.7. The van der Waals surface area contributed by atoms with Crippen molar-refractivity contribution in [2.24, 2.45) is 0 Å². The average molecular weight is 438 g/mol. The molecule has 2 rings (SSSR count). The van der Waals surface area contributed by atoms with E-state index >= 15 is 0 Å². The zero-order valence-corrected chi connectivity index (χ0v) is 20.2. The summed E-state index contributed by atoms with van der Waals surface area (Å²) in [5.41, 5.74) is 0.156. The van der Waals surface area contributed by atoms with E-state index in [2.05, 4.69) is 33.9 Å². The number of methoxy groups -OCH3 is 2. The molecule has 1 aliphatic rings. The molecule has 0 bridgehead atoms. The van der Waals surface area contributed by atoms with Crippen LogP contribution in [-0.2, 0) is 28.4 Å². The first kappa shape index (κ1) is 24.5. The van der Waals surface area contributed by atoms with E-state index in [0.29, 0.717) is 12.8 Å². The highest BCUT2D eigenvalue weighted by Gasteiger charge is 2.53. The number of hydrogen-bond acceptors (Lipinski definition) is 7. The Morgan fingerprint density at radius 3 is 2.27 bits per heavy atom. The molecule has 1 heterocycles. The minimum atomic E-state index is -2.28. The summed E-state index contributed by atoms with van der Waals surface area (Å²) in [6.07, 6.45) is 0.761. The second kappa shape index (κ2) is 9.59. The van der Waals surface area contributed by atoms with Crippen molar-refractivity contribution in [2.45, 2.75) is 76.2 Å². The fraction of sp³-hybridized carbons (Fsp3) is 0.636. The van der Waals surface area contributed by atoms with Crippen molar-refractivity contribution in [1.29, 1.82) is 0 Å². The number of nitrogens with zero attached hydrogens (tertiary/aromatic N) is 1. The SMILES string of the molecule is COC(=O)CC[C@@]1(CC(=O)OC)C[C@@H](c2ccccc2)ON1O[Si](C)(C)C(C)(C)C. The number of hydroxylamine groups is 2. The van der Waals surface area contributed by atoms with Crippen molar-refractivity contribution >= 4 is 20.3 Å². The molecule has 0 unspecified atom stereocenters. The Hall–Kier alpha value is -1.74. The number of carbonyl (C=O) groups excluding carboxylic acids is 2. The van der Waals surface area contributed by atoms with E-state index < -0.39 is 13.9 Å². The van der Waals surface area contributed by atoms with Crippen LogP contribution in [0, 0.1) is 0 Å². The van der Waals surface area contributed by atoms with Gasteiger partial charge in [0.2, 0.25) is 8.32 Å². The van der Waals surface area contributed by atoms with Gasteiger partial charge in [0.05, 0.1) is 26.2 Å². The van der Waals surface area contributed by atoms with E-state index in [4.69, 9.17) is 18.8 Å². The van der Waals surface area contributed by atoms with Gasteiger partial charge in [0.1, 0.15) is 6.10 Å². The van der Waals surface area contributed by atoms with Gasteiger partial charge in [0.15, 0.2) is 0 Å². The number of benzene rings is 1. The maximum Gasteiger partial charge on any atom is 0.307 e. The first-order valence-electron chi connectivity index (χ1n) is 10.3. The predicted octanol–water partition coefficient (Wildman–Crippen LogP) is 4.56. The second-order valence-corrected chi connectivity index (χ2v) is 14.1. The molecule has 0 spiro atoms. The lowest BCUT2D eigenvalue weighted by molar-refractivity contribution is -0.353. The highest BCUT2D eigenvalue weighted by Crippen LogP contribution is 2.48. The van der Waals surface area contributed by atoms with Crippen LogP contribution in [0.15, 0.2) is 30.3 Å². The van der Waals surface area contributed by atoms with Gasteiger partial charge < -0.3 is 14.0 Å². The molecule has 0 aromatic heterocycles. The molecule has 7 nitrogen and oxygen atoms in total. The number of esters is 2. The number of carbonyl (C=O) groups is 2. The third kappa shape index (κ3) is 5.69. The maximum absolute atomic E-state index is 12.4. The van der Waals surface area contributed by atoms with Gasteiger partial charge in [-0.3, -0.25) is 14.4 Å². The van der Waals surface area contributed by atoms with Crippen LogP contribution in [0.2, 0.25) is 18.1 Å². The van der Waals surface area contributed by atoms with Gasteiger partial charge in [-0.05, 0) is 30.1 Å².